The maximum Gasteiger partial charge on any atom is 0.408 e. The maximum absolute atomic E-state index is 14.6. The molecule has 0 bridgehead atoms. The predicted molar refractivity (Wildman–Crippen MR) is 203 cm³/mol. The van der Waals surface area contributed by atoms with Crippen molar-refractivity contribution >= 4 is 62.4 Å². The van der Waals surface area contributed by atoms with Gasteiger partial charge in [-0.05, 0) is 77.3 Å². The number of nitrogens with zero attached hydrogens (tertiary/aromatic N) is 2. The molecule has 2 heterocycles. The van der Waals surface area contributed by atoms with E-state index < -0.39 is 74.5 Å². The zero-order valence-corrected chi connectivity index (χ0v) is 34.0. The summed E-state index contributed by atoms with van der Waals surface area (Å²) >= 11 is 6.52. The third-order valence-corrected chi connectivity index (χ3v) is 11.2. The van der Waals surface area contributed by atoms with Crippen molar-refractivity contribution in [2.24, 2.45) is 11.3 Å². The number of benzene rings is 1. The second-order valence-corrected chi connectivity index (χ2v) is 18.5. The van der Waals surface area contributed by atoms with E-state index in [0.717, 1.165) is 0 Å². The molecule has 0 unspecified atom stereocenters. The number of carbonyl (C=O) groups is 4. The average Bonchev–Trinajstić information content (AvgIpc) is 3.91. The summed E-state index contributed by atoms with van der Waals surface area (Å²) in [4.78, 5) is 61.6. The Hall–Kier alpha value is -3.89. The fraction of sp³-hybridized carbons (Fsp3) is 0.649. The summed E-state index contributed by atoms with van der Waals surface area (Å²) < 4.78 is 44.8. The third kappa shape index (κ3) is 9.48. The number of amides is 4. The molecular weight excluding hydrogens is 740 g/mol. The number of rotatable bonds is 13. The lowest BCUT2D eigenvalue weighted by Gasteiger charge is -2.36. The molecule has 17 heteroatoms. The van der Waals surface area contributed by atoms with E-state index in [2.05, 4.69) is 20.9 Å². The van der Waals surface area contributed by atoms with E-state index in [4.69, 9.17) is 25.3 Å². The van der Waals surface area contributed by atoms with Crippen molar-refractivity contribution < 1.29 is 41.3 Å². The first-order valence-electron chi connectivity index (χ1n) is 18.4. The normalized spacial score (nSPS) is 24.0. The molecule has 5 rings (SSSR count). The molecule has 0 radical (unpaired) electrons. The van der Waals surface area contributed by atoms with Gasteiger partial charge in [0.2, 0.25) is 11.8 Å². The summed E-state index contributed by atoms with van der Waals surface area (Å²) in [5, 5.41) is 9.74. The van der Waals surface area contributed by atoms with Crippen LogP contribution in [0.15, 0.2) is 24.3 Å². The highest BCUT2D eigenvalue weighted by Crippen LogP contribution is 2.47. The van der Waals surface area contributed by atoms with Crippen LogP contribution in [-0.2, 0) is 33.6 Å². The Morgan fingerprint density at radius 3 is 2.35 bits per heavy atom. The molecule has 15 nitrogen and oxygen atoms in total. The van der Waals surface area contributed by atoms with Gasteiger partial charge in [-0.2, -0.15) is 8.42 Å². The van der Waals surface area contributed by atoms with Crippen LogP contribution in [0.3, 0.4) is 0 Å². The third-order valence-electron chi connectivity index (χ3n) is 9.86. The number of alkyl carbamates (subject to hydrolysis) is 1. The topological polar surface area (TPSA) is 194 Å². The van der Waals surface area contributed by atoms with E-state index in [9.17, 15) is 27.6 Å². The Labute approximate surface area is 322 Å². The number of likely N-dealkylation sites (tertiary alicyclic amines) is 1. The highest BCUT2D eigenvalue weighted by molar-refractivity contribution is 7.85. The van der Waals surface area contributed by atoms with Crippen LogP contribution in [-0.4, -0.2) is 90.1 Å². The van der Waals surface area contributed by atoms with Gasteiger partial charge in [-0.15, -0.1) is 0 Å². The Morgan fingerprint density at radius 1 is 1.09 bits per heavy atom. The molecule has 1 aromatic heterocycles. The van der Waals surface area contributed by atoms with Gasteiger partial charge in [-0.3, -0.25) is 14.4 Å². The summed E-state index contributed by atoms with van der Waals surface area (Å²) in [7, 11) is -4.46. The van der Waals surface area contributed by atoms with Gasteiger partial charge in [0.1, 0.15) is 40.9 Å². The molecule has 298 valence electrons. The van der Waals surface area contributed by atoms with Crippen molar-refractivity contribution in [3.8, 4) is 5.75 Å². The first-order valence-corrected chi connectivity index (χ1v) is 20.2. The molecule has 1 aromatic carbocycles. The van der Waals surface area contributed by atoms with Crippen molar-refractivity contribution in [3.63, 3.8) is 0 Å². The van der Waals surface area contributed by atoms with Gasteiger partial charge < -0.3 is 30.3 Å². The molecule has 1 aliphatic heterocycles. The number of aromatic nitrogens is 1. The standard InChI is InChI=1S/C37H53ClN6O9S/c1-10-21-19-37(21,32(47)43-54(49,50)53-36(9)15-16-36)42-30(45)25-17-22(51-26-18-27(39-11-2)40-28-23(26)13-12-14-24(28)38)20-44(25)31(46)29(34(3,4)5)41-33(48)52-35(6,7)8/h12-14,18,21-22,25,29H,10-11,15-17,19-20H2,1-9H3,(H,39,40)(H,41,48)(H,42,45)(H,43,47)/t21-,22-,25+,29-,37-/m1/s1. The number of fused-ring (bicyclic) bond motifs is 1. The Morgan fingerprint density at radius 2 is 1.78 bits per heavy atom. The molecule has 1 saturated heterocycles. The number of anilines is 1. The lowest BCUT2D eigenvalue weighted by molar-refractivity contribution is -0.143. The van der Waals surface area contributed by atoms with E-state index in [0.29, 0.717) is 53.3 Å². The van der Waals surface area contributed by atoms with Crippen LogP contribution in [0, 0.1) is 11.3 Å². The van der Waals surface area contributed by atoms with E-state index in [1.165, 1.54) is 4.90 Å². The van der Waals surface area contributed by atoms with Crippen molar-refractivity contribution in [2.75, 3.05) is 18.4 Å². The van der Waals surface area contributed by atoms with Crippen molar-refractivity contribution in [2.45, 2.75) is 129 Å². The van der Waals surface area contributed by atoms with Crippen LogP contribution in [0.25, 0.3) is 10.9 Å². The van der Waals surface area contributed by atoms with Gasteiger partial charge in [-0.1, -0.05) is 51.8 Å². The van der Waals surface area contributed by atoms with Crippen LogP contribution in [0.5, 0.6) is 5.75 Å². The minimum atomic E-state index is -4.46. The number of para-hydroxylation sites is 1. The Balaban J connectivity index is 1.47. The van der Waals surface area contributed by atoms with Crippen LogP contribution < -0.4 is 25.4 Å². The summed E-state index contributed by atoms with van der Waals surface area (Å²) in [5.74, 6) is -1.57. The molecule has 3 aliphatic rings. The van der Waals surface area contributed by atoms with Gasteiger partial charge in [0, 0.05) is 24.4 Å². The van der Waals surface area contributed by atoms with Crippen molar-refractivity contribution in [1.29, 1.82) is 0 Å². The molecular formula is C37H53ClN6O9S. The maximum atomic E-state index is 14.6. The van der Waals surface area contributed by atoms with Crippen molar-refractivity contribution in [3.05, 3.63) is 29.3 Å². The number of hydrogen-bond acceptors (Lipinski definition) is 11. The quantitative estimate of drug-likeness (QED) is 0.217. The first-order chi connectivity index (χ1) is 25.0. The highest BCUT2D eigenvalue weighted by atomic mass is 35.5. The minimum Gasteiger partial charge on any atom is -0.488 e. The second-order valence-electron chi connectivity index (χ2n) is 16.8. The number of ether oxygens (including phenoxy) is 2. The monoisotopic (exact) mass is 792 g/mol. The van der Waals surface area contributed by atoms with Crippen LogP contribution >= 0.6 is 11.6 Å². The molecule has 5 atom stereocenters. The van der Waals surface area contributed by atoms with E-state index in [1.54, 1.807) is 66.7 Å². The smallest absolute Gasteiger partial charge is 0.408 e. The summed E-state index contributed by atoms with van der Waals surface area (Å²) in [6.07, 6.45) is 0.212. The van der Waals surface area contributed by atoms with Crippen LogP contribution in [0.1, 0.15) is 94.4 Å². The summed E-state index contributed by atoms with van der Waals surface area (Å²) in [5.41, 5.74) is -3.58. The van der Waals surface area contributed by atoms with Gasteiger partial charge in [0.05, 0.1) is 22.7 Å². The number of carbonyl (C=O) groups excluding carboxylic acids is 4. The van der Waals surface area contributed by atoms with E-state index >= 15 is 0 Å². The number of pyridine rings is 1. The zero-order valence-electron chi connectivity index (χ0n) is 32.4. The van der Waals surface area contributed by atoms with Crippen LogP contribution in [0.4, 0.5) is 10.6 Å². The Kier molecular flexibility index (Phi) is 11.5. The second kappa shape index (κ2) is 15.0. The van der Waals surface area contributed by atoms with Gasteiger partial charge in [0.15, 0.2) is 0 Å². The van der Waals surface area contributed by atoms with Gasteiger partial charge in [0.25, 0.3) is 5.91 Å². The fourth-order valence-electron chi connectivity index (χ4n) is 6.71. The largest absolute Gasteiger partial charge is 0.488 e. The molecule has 4 amide bonds. The Bertz CT molecular complexity index is 1910. The van der Waals surface area contributed by atoms with E-state index in [-0.39, 0.29) is 25.3 Å². The predicted octanol–water partition coefficient (Wildman–Crippen LogP) is 4.82. The SMILES string of the molecule is CCNc1cc(O[C@@H]2C[C@@H](C(=O)N[C@]3(C(=O)NS(=O)(=O)OC4(C)CC4)C[C@H]3CC)N(C(=O)[C@@H](NC(=O)OC(C)(C)C)C(C)(C)C)C2)c2cccc(Cl)c2n1. The number of hydrogen-bond donors (Lipinski definition) is 4. The molecule has 3 fully saturated rings. The van der Waals surface area contributed by atoms with Crippen molar-refractivity contribution in [1.82, 2.24) is 25.2 Å². The molecule has 2 aromatic rings. The van der Waals surface area contributed by atoms with Crippen LogP contribution in [0.2, 0.25) is 5.02 Å². The number of halogens is 1. The first kappa shape index (κ1) is 41.3. The zero-order chi connectivity index (χ0) is 40.0. The molecule has 4 N–H and O–H groups in total. The summed E-state index contributed by atoms with van der Waals surface area (Å²) in [6, 6.07) is 4.72. The fourth-order valence-corrected chi connectivity index (χ4v) is 8.07. The van der Waals surface area contributed by atoms with Gasteiger partial charge >= 0.3 is 16.4 Å². The average molecular weight is 793 g/mol. The lowest BCUT2D eigenvalue weighted by atomic mass is 9.85. The van der Waals surface area contributed by atoms with Gasteiger partial charge in [-0.25, -0.2) is 18.7 Å². The lowest BCUT2D eigenvalue weighted by Crippen LogP contribution is -2.60. The highest BCUT2D eigenvalue weighted by Gasteiger charge is 2.62. The molecule has 0 spiro atoms. The molecule has 2 saturated carbocycles. The van der Waals surface area contributed by atoms with E-state index in [1.807, 2.05) is 24.6 Å². The molecule has 2 aliphatic carbocycles. The minimum absolute atomic E-state index is 0.00997. The molecule has 54 heavy (non-hydrogen) atoms. The summed E-state index contributed by atoms with van der Waals surface area (Å²) in [6.45, 7) is 16.4. The number of nitrogens with one attached hydrogen (secondary N) is 4.